The molecule has 1 aliphatic rings. The fraction of sp³-hybridized carbons (Fsp3) is 0.438. The van der Waals surface area contributed by atoms with Crippen LogP contribution in [0.3, 0.4) is 0 Å². The van der Waals surface area contributed by atoms with Crippen LogP contribution in [0.1, 0.15) is 35.7 Å². The minimum atomic E-state index is -0.311. The van der Waals surface area contributed by atoms with Crippen molar-refractivity contribution in [3.63, 3.8) is 0 Å². The van der Waals surface area contributed by atoms with Crippen LogP contribution in [-0.4, -0.2) is 28.7 Å². The SMILES string of the molecule is CCCC1(C#Cc2ccc(C(=O)OC)cc2)SCCS1. The smallest absolute Gasteiger partial charge is 0.337 e. The summed E-state index contributed by atoms with van der Waals surface area (Å²) < 4.78 is 4.75. The van der Waals surface area contributed by atoms with Gasteiger partial charge in [-0.15, -0.1) is 23.5 Å². The molecule has 1 fully saturated rings. The molecule has 2 nitrogen and oxygen atoms in total. The second-order valence-electron chi connectivity index (χ2n) is 4.52. The average molecular weight is 306 g/mol. The summed E-state index contributed by atoms with van der Waals surface area (Å²) in [6, 6.07) is 7.28. The number of hydrogen-bond acceptors (Lipinski definition) is 4. The van der Waals surface area contributed by atoms with Gasteiger partial charge < -0.3 is 4.74 Å². The van der Waals surface area contributed by atoms with Crippen LogP contribution >= 0.6 is 23.5 Å². The molecule has 0 bridgehead atoms. The van der Waals surface area contributed by atoms with Gasteiger partial charge in [-0.05, 0) is 30.7 Å². The number of carbonyl (C=O) groups excluding carboxylic acids is 1. The van der Waals surface area contributed by atoms with Crippen molar-refractivity contribution in [2.24, 2.45) is 0 Å². The second-order valence-corrected chi connectivity index (χ2v) is 7.56. The summed E-state index contributed by atoms with van der Waals surface area (Å²) in [5.41, 5.74) is 1.51. The zero-order valence-corrected chi connectivity index (χ0v) is 13.4. The highest BCUT2D eigenvalue weighted by molar-refractivity contribution is 8.21. The first kappa shape index (κ1) is 15.3. The Morgan fingerprint density at radius 1 is 1.30 bits per heavy atom. The summed E-state index contributed by atoms with van der Waals surface area (Å²) in [6.07, 6.45) is 2.27. The highest BCUT2D eigenvalue weighted by atomic mass is 32.2. The zero-order chi connectivity index (χ0) is 14.4. The second kappa shape index (κ2) is 7.10. The van der Waals surface area contributed by atoms with E-state index in [0.717, 1.165) is 18.4 Å². The van der Waals surface area contributed by atoms with Crippen molar-refractivity contribution in [2.45, 2.75) is 23.8 Å². The molecule has 20 heavy (non-hydrogen) atoms. The van der Waals surface area contributed by atoms with Crippen molar-refractivity contribution >= 4 is 29.5 Å². The summed E-state index contributed by atoms with van der Waals surface area (Å²) in [5.74, 6) is 8.74. The number of carbonyl (C=O) groups is 1. The van der Waals surface area contributed by atoms with Gasteiger partial charge in [0.2, 0.25) is 0 Å². The monoisotopic (exact) mass is 306 g/mol. The third-order valence-corrected chi connectivity index (χ3v) is 6.36. The lowest BCUT2D eigenvalue weighted by atomic mass is 10.1. The molecular weight excluding hydrogens is 288 g/mol. The number of benzene rings is 1. The molecule has 1 aromatic rings. The molecule has 1 aliphatic heterocycles. The molecule has 0 aromatic heterocycles. The summed E-state index contributed by atoms with van der Waals surface area (Å²) in [4.78, 5) is 11.4. The molecule has 0 unspecified atom stereocenters. The van der Waals surface area contributed by atoms with Gasteiger partial charge in [0.25, 0.3) is 0 Å². The highest BCUT2D eigenvalue weighted by Crippen LogP contribution is 2.46. The topological polar surface area (TPSA) is 26.3 Å². The molecule has 0 aliphatic carbocycles. The Morgan fingerprint density at radius 3 is 2.50 bits per heavy atom. The van der Waals surface area contributed by atoms with E-state index in [1.54, 1.807) is 12.1 Å². The lowest BCUT2D eigenvalue weighted by molar-refractivity contribution is 0.0601. The zero-order valence-electron chi connectivity index (χ0n) is 11.8. The van der Waals surface area contributed by atoms with Crippen LogP contribution in [0.5, 0.6) is 0 Å². The van der Waals surface area contributed by atoms with Gasteiger partial charge in [-0.1, -0.05) is 25.2 Å². The van der Waals surface area contributed by atoms with Crippen LogP contribution in [0.25, 0.3) is 0 Å². The van der Waals surface area contributed by atoms with Crippen molar-refractivity contribution in [1.29, 1.82) is 0 Å². The maximum absolute atomic E-state index is 11.4. The molecule has 1 heterocycles. The van der Waals surface area contributed by atoms with E-state index in [4.69, 9.17) is 0 Å². The van der Waals surface area contributed by atoms with E-state index in [-0.39, 0.29) is 10.0 Å². The summed E-state index contributed by atoms with van der Waals surface area (Å²) in [5, 5.41) is 0. The number of hydrogen-bond donors (Lipinski definition) is 0. The molecule has 0 amide bonds. The Bertz CT molecular complexity index is 520. The predicted octanol–water partition coefficient (Wildman–Crippen LogP) is 3.80. The van der Waals surface area contributed by atoms with Gasteiger partial charge in [0.1, 0.15) is 4.08 Å². The van der Waals surface area contributed by atoms with E-state index in [9.17, 15) is 4.79 Å². The molecule has 0 radical (unpaired) electrons. The molecule has 2 rings (SSSR count). The fourth-order valence-electron chi connectivity index (χ4n) is 2.04. The van der Waals surface area contributed by atoms with Crippen LogP contribution in [-0.2, 0) is 4.74 Å². The first-order valence-electron chi connectivity index (χ1n) is 6.68. The summed E-state index contributed by atoms with van der Waals surface area (Å²) >= 11 is 3.92. The number of esters is 1. The molecule has 106 valence electrons. The number of methoxy groups -OCH3 is 1. The van der Waals surface area contributed by atoms with Gasteiger partial charge in [-0.25, -0.2) is 4.79 Å². The van der Waals surface area contributed by atoms with Crippen LogP contribution in [0.15, 0.2) is 24.3 Å². The number of rotatable bonds is 3. The molecule has 0 N–H and O–H groups in total. The van der Waals surface area contributed by atoms with Gasteiger partial charge in [-0.3, -0.25) is 0 Å². The van der Waals surface area contributed by atoms with Crippen molar-refractivity contribution in [3.8, 4) is 11.8 Å². The quantitative estimate of drug-likeness (QED) is 0.627. The molecule has 0 saturated carbocycles. The van der Waals surface area contributed by atoms with Crippen molar-refractivity contribution in [1.82, 2.24) is 0 Å². The summed E-state index contributed by atoms with van der Waals surface area (Å²) in [6.45, 7) is 2.20. The first-order chi connectivity index (χ1) is 9.69. The highest BCUT2D eigenvalue weighted by Gasteiger charge is 2.32. The number of thioether (sulfide) groups is 2. The van der Waals surface area contributed by atoms with Gasteiger partial charge in [0.15, 0.2) is 0 Å². The largest absolute Gasteiger partial charge is 0.465 e. The Balaban J connectivity index is 2.13. The maximum atomic E-state index is 11.4. The van der Waals surface area contributed by atoms with Gasteiger partial charge in [0, 0.05) is 17.1 Å². The van der Waals surface area contributed by atoms with Crippen molar-refractivity contribution in [2.75, 3.05) is 18.6 Å². The summed E-state index contributed by atoms with van der Waals surface area (Å²) in [7, 11) is 1.39. The van der Waals surface area contributed by atoms with Crippen LogP contribution in [0, 0.1) is 11.8 Å². The normalized spacial score (nSPS) is 16.3. The Kier molecular flexibility index (Phi) is 5.45. The third kappa shape index (κ3) is 3.74. The van der Waals surface area contributed by atoms with E-state index < -0.39 is 0 Å². The van der Waals surface area contributed by atoms with Gasteiger partial charge >= 0.3 is 5.97 Å². The van der Waals surface area contributed by atoms with Crippen LogP contribution in [0.4, 0.5) is 0 Å². The van der Waals surface area contributed by atoms with E-state index in [2.05, 4.69) is 23.5 Å². The maximum Gasteiger partial charge on any atom is 0.337 e. The van der Waals surface area contributed by atoms with Crippen molar-refractivity contribution < 1.29 is 9.53 Å². The van der Waals surface area contributed by atoms with Gasteiger partial charge in [0.05, 0.1) is 12.7 Å². The minimum absolute atomic E-state index is 0.0652. The van der Waals surface area contributed by atoms with Crippen molar-refractivity contribution in [3.05, 3.63) is 35.4 Å². The molecule has 0 spiro atoms. The Hall–Kier alpha value is -1.05. The Morgan fingerprint density at radius 2 is 1.95 bits per heavy atom. The van der Waals surface area contributed by atoms with E-state index >= 15 is 0 Å². The average Bonchev–Trinajstić information content (AvgIpc) is 2.94. The van der Waals surface area contributed by atoms with E-state index in [1.807, 2.05) is 35.7 Å². The van der Waals surface area contributed by atoms with Crippen LogP contribution < -0.4 is 0 Å². The third-order valence-electron chi connectivity index (χ3n) is 3.04. The van der Waals surface area contributed by atoms with Crippen LogP contribution in [0.2, 0.25) is 0 Å². The predicted molar refractivity (Wildman–Crippen MR) is 87.2 cm³/mol. The molecule has 1 saturated heterocycles. The van der Waals surface area contributed by atoms with E-state index in [0.29, 0.717) is 5.56 Å². The first-order valence-corrected chi connectivity index (χ1v) is 8.66. The molecular formula is C16H18O2S2. The Labute approximate surface area is 129 Å². The lowest BCUT2D eigenvalue weighted by Gasteiger charge is -2.19. The fourth-order valence-corrected chi connectivity index (χ4v) is 5.14. The minimum Gasteiger partial charge on any atom is -0.465 e. The van der Waals surface area contributed by atoms with E-state index in [1.165, 1.54) is 18.6 Å². The standard InChI is InChI=1S/C16H18O2S2/c1-3-9-16(19-11-12-20-16)10-8-13-4-6-14(7-5-13)15(17)18-2/h4-7H,3,9,11-12H2,1-2H3. The lowest BCUT2D eigenvalue weighted by Crippen LogP contribution is -2.13. The molecule has 4 heteroatoms. The molecule has 1 aromatic carbocycles. The molecule has 0 atom stereocenters. The number of ether oxygens (including phenoxy) is 1. The van der Waals surface area contributed by atoms with Gasteiger partial charge in [-0.2, -0.15) is 0 Å².